The summed E-state index contributed by atoms with van der Waals surface area (Å²) in [7, 11) is 0. The first-order chi connectivity index (χ1) is 9.67. The molecule has 0 aliphatic carbocycles. The van der Waals surface area contributed by atoms with Crippen LogP contribution in [0.25, 0.3) is 11.0 Å². The summed E-state index contributed by atoms with van der Waals surface area (Å²) in [5.41, 5.74) is 2.99. The van der Waals surface area contributed by atoms with Crippen LogP contribution in [-0.2, 0) is 6.42 Å². The number of hydrogen-bond acceptors (Lipinski definition) is 3. The van der Waals surface area contributed by atoms with Gasteiger partial charge in [-0.25, -0.2) is 4.98 Å². The predicted octanol–water partition coefficient (Wildman–Crippen LogP) is 3.75. The van der Waals surface area contributed by atoms with Crippen LogP contribution in [0.15, 0.2) is 30.3 Å². The molecule has 0 aliphatic heterocycles. The van der Waals surface area contributed by atoms with Crippen molar-refractivity contribution in [2.45, 2.75) is 20.3 Å². The first-order valence-corrected chi connectivity index (χ1v) is 7.34. The number of carbonyl (C=O) groups excluding carboxylic acids is 1. The Hall–Kier alpha value is -2.14. The van der Waals surface area contributed by atoms with Gasteiger partial charge in [-0.1, -0.05) is 19.1 Å². The minimum absolute atomic E-state index is 0.114. The SMILES string of the molecule is CCc1cc(C(=O)Nc2nc3ccccc3[nH]2)sc1C. The van der Waals surface area contributed by atoms with Gasteiger partial charge in [-0.05, 0) is 37.1 Å². The Bertz CT molecular complexity index is 739. The summed E-state index contributed by atoms with van der Waals surface area (Å²) in [5.74, 6) is 0.372. The average molecular weight is 285 g/mol. The first kappa shape index (κ1) is 12.9. The summed E-state index contributed by atoms with van der Waals surface area (Å²) in [6.45, 7) is 4.14. The second-order valence-corrected chi connectivity index (χ2v) is 5.86. The number of anilines is 1. The Kier molecular flexibility index (Phi) is 3.28. The van der Waals surface area contributed by atoms with Gasteiger partial charge in [0.2, 0.25) is 5.95 Å². The molecule has 5 heteroatoms. The molecular formula is C15H15N3OS. The average Bonchev–Trinajstić information content (AvgIpc) is 3.01. The van der Waals surface area contributed by atoms with Gasteiger partial charge >= 0.3 is 0 Å². The Morgan fingerprint density at radius 3 is 2.90 bits per heavy atom. The van der Waals surface area contributed by atoms with Crippen molar-refractivity contribution in [3.63, 3.8) is 0 Å². The van der Waals surface area contributed by atoms with E-state index in [9.17, 15) is 4.79 Å². The molecule has 102 valence electrons. The number of amides is 1. The van der Waals surface area contributed by atoms with E-state index in [0.717, 1.165) is 22.3 Å². The summed E-state index contributed by atoms with van der Waals surface area (Å²) in [5, 5.41) is 2.82. The van der Waals surface area contributed by atoms with Crippen molar-refractivity contribution in [1.82, 2.24) is 9.97 Å². The number of aromatic nitrogens is 2. The van der Waals surface area contributed by atoms with E-state index in [1.165, 1.54) is 21.8 Å². The lowest BCUT2D eigenvalue weighted by atomic mass is 10.2. The molecule has 2 N–H and O–H groups in total. The van der Waals surface area contributed by atoms with E-state index < -0.39 is 0 Å². The maximum Gasteiger partial charge on any atom is 0.268 e. The van der Waals surface area contributed by atoms with Crippen LogP contribution in [0.1, 0.15) is 27.0 Å². The molecule has 3 rings (SSSR count). The second-order valence-electron chi connectivity index (χ2n) is 4.60. The monoisotopic (exact) mass is 285 g/mol. The van der Waals surface area contributed by atoms with Crippen LogP contribution in [0.2, 0.25) is 0 Å². The number of nitrogens with zero attached hydrogens (tertiary/aromatic N) is 1. The van der Waals surface area contributed by atoms with Crippen molar-refractivity contribution in [3.05, 3.63) is 45.6 Å². The maximum atomic E-state index is 12.2. The van der Waals surface area contributed by atoms with Gasteiger partial charge < -0.3 is 4.98 Å². The molecule has 0 bridgehead atoms. The highest BCUT2D eigenvalue weighted by molar-refractivity contribution is 7.14. The highest BCUT2D eigenvalue weighted by Crippen LogP contribution is 2.23. The topological polar surface area (TPSA) is 57.8 Å². The molecule has 3 aromatic rings. The second kappa shape index (κ2) is 5.09. The van der Waals surface area contributed by atoms with Gasteiger partial charge in [0.05, 0.1) is 15.9 Å². The minimum atomic E-state index is -0.114. The molecule has 0 radical (unpaired) electrons. The quantitative estimate of drug-likeness (QED) is 0.770. The molecule has 0 aliphatic rings. The van der Waals surface area contributed by atoms with Crippen molar-refractivity contribution in [2.24, 2.45) is 0 Å². The predicted molar refractivity (Wildman–Crippen MR) is 82.5 cm³/mol. The molecule has 2 aromatic heterocycles. The standard InChI is InChI=1S/C15H15N3OS/c1-3-10-8-13(20-9(10)2)14(19)18-15-16-11-6-4-5-7-12(11)17-15/h4-8H,3H2,1-2H3,(H2,16,17,18,19). The van der Waals surface area contributed by atoms with E-state index in [0.29, 0.717) is 5.95 Å². The fourth-order valence-electron chi connectivity index (χ4n) is 2.16. The normalized spacial score (nSPS) is 10.9. The van der Waals surface area contributed by atoms with Crippen molar-refractivity contribution >= 4 is 34.2 Å². The summed E-state index contributed by atoms with van der Waals surface area (Å²) < 4.78 is 0. The van der Waals surface area contributed by atoms with Gasteiger partial charge in [0.15, 0.2) is 0 Å². The van der Waals surface area contributed by atoms with E-state index in [4.69, 9.17) is 0 Å². The highest BCUT2D eigenvalue weighted by Gasteiger charge is 2.13. The number of hydrogen-bond donors (Lipinski definition) is 2. The van der Waals surface area contributed by atoms with Crippen LogP contribution in [-0.4, -0.2) is 15.9 Å². The van der Waals surface area contributed by atoms with Crippen molar-refractivity contribution in [1.29, 1.82) is 0 Å². The summed E-state index contributed by atoms with van der Waals surface area (Å²) in [6, 6.07) is 9.65. The third-order valence-corrected chi connectivity index (χ3v) is 4.34. The highest BCUT2D eigenvalue weighted by atomic mass is 32.1. The van der Waals surface area contributed by atoms with E-state index in [1.807, 2.05) is 37.3 Å². The number of aromatic amines is 1. The van der Waals surface area contributed by atoms with Crippen molar-refractivity contribution in [2.75, 3.05) is 5.32 Å². The van der Waals surface area contributed by atoms with Gasteiger partial charge in [-0.3, -0.25) is 10.1 Å². The van der Waals surface area contributed by atoms with E-state index in [1.54, 1.807) is 0 Å². The van der Waals surface area contributed by atoms with Gasteiger partial charge in [0, 0.05) is 4.88 Å². The van der Waals surface area contributed by atoms with Crippen molar-refractivity contribution in [3.8, 4) is 0 Å². The molecule has 1 aromatic carbocycles. The zero-order valence-corrected chi connectivity index (χ0v) is 12.2. The van der Waals surface area contributed by atoms with E-state index in [2.05, 4.69) is 22.2 Å². The first-order valence-electron chi connectivity index (χ1n) is 6.52. The number of benzene rings is 1. The Morgan fingerprint density at radius 1 is 1.40 bits per heavy atom. The Morgan fingerprint density at radius 2 is 2.20 bits per heavy atom. The summed E-state index contributed by atoms with van der Waals surface area (Å²) in [4.78, 5) is 21.6. The fraction of sp³-hybridized carbons (Fsp3) is 0.200. The molecule has 0 atom stereocenters. The van der Waals surface area contributed by atoms with Crippen LogP contribution in [0.4, 0.5) is 5.95 Å². The molecule has 4 nitrogen and oxygen atoms in total. The number of aryl methyl sites for hydroxylation is 2. The fourth-order valence-corrected chi connectivity index (χ4v) is 3.17. The largest absolute Gasteiger partial charge is 0.324 e. The van der Waals surface area contributed by atoms with Gasteiger partial charge in [0.25, 0.3) is 5.91 Å². The molecule has 20 heavy (non-hydrogen) atoms. The molecule has 0 saturated heterocycles. The number of H-pyrrole nitrogens is 1. The Labute approximate surface area is 120 Å². The number of rotatable bonds is 3. The number of fused-ring (bicyclic) bond motifs is 1. The lowest BCUT2D eigenvalue weighted by Gasteiger charge is -1.97. The summed E-state index contributed by atoms with van der Waals surface area (Å²) >= 11 is 1.52. The number of carbonyl (C=O) groups is 1. The number of nitrogens with one attached hydrogen (secondary N) is 2. The van der Waals surface area contributed by atoms with E-state index >= 15 is 0 Å². The van der Waals surface area contributed by atoms with Crippen LogP contribution in [0.5, 0.6) is 0 Å². The maximum absolute atomic E-state index is 12.2. The number of imidazole rings is 1. The molecule has 0 saturated carbocycles. The molecule has 0 spiro atoms. The number of thiophene rings is 1. The van der Waals surface area contributed by atoms with Crippen LogP contribution < -0.4 is 5.32 Å². The lowest BCUT2D eigenvalue weighted by Crippen LogP contribution is -2.11. The van der Waals surface area contributed by atoms with Gasteiger partial charge in [0.1, 0.15) is 0 Å². The Balaban J connectivity index is 1.84. The van der Waals surface area contributed by atoms with Crippen LogP contribution in [0.3, 0.4) is 0 Å². The van der Waals surface area contributed by atoms with Crippen LogP contribution >= 0.6 is 11.3 Å². The van der Waals surface area contributed by atoms with E-state index in [-0.39, 0.29) is 5.91 Å². The summed E-state index contributed by atoms with van der Waals surface area (Å²) in [6.07, 6.45) is 0.945. The lowest BCUT2D eigenvalue weighted by molar-refractivity contribution is 0.103. The molecule has 1 amide bonds. The zero-order valence-electron chi connectivity index (χ0n) is 11.4. The third kappa shape index (κ3) is 2.32. The molecule has 0 unspecified atom stereocenters. The zero-order chi connectivity index (χ0) is 14.1. The van der Waals surface area contributed by atoms with Crippen molar-refractivity contribution < 1.29 is 4.79 Å². The molecular weight excluding hydrogens is 270 g/mol. The smallest absolute Gasteiger partial charge is 0.268 e. The molecule has 2 heterocycles. The molecule has 0 fully saturated rings. The number of para-hydroxylation sites is 2. The minimum Gasteiger partial charge on any atom is -0.324 e. The van der Waals surface area contributed by atoms with Gasteiger partial charge in [-0.2, -0.15) is 0 Å². The van der Waals surface area contributed by atoms with Crippen LogP contribution in [0, 0.1) is 6.92 Å². The third-order valence-electron chi connectivity index (χ3n) is 3.25. The van der Waals surface area contributed by atoms with Gasteiger partial charge in [-0.15, -0.1) is 11.3 Å².